The van der Waals surface area contributed by atoms with Crippen LogP contribution in [-0.2, 0) is 4.74 Å². The Morgan fingerprint density at radius 1 is 1.00 bits per heavy atom. The monoisotopic (exact) mass is 279 g/mol. The molecule has 1 N–H and O–H groups in total. The largest absolute Gasteiger partial charge is 0.380 e. The van der Waals surface area contributed by atoms with E-state index in [0.717, 1.165) is 37.5 Å². The van der Waals surface area contributed by atoms with Crippen molar-refractivity contribution >= 4 is 0 Å². The highest BCUT2D eigenvalue weighted by Gasteiger charge is 2.52. The molecule has 4 aliphatic rings. The maximum atomic E-state index is 5.70. The van der Waals surface area contributed by atoms with E-state index >= 15 is 0 Å². The van der Waals surface area contributed by atoms with Crippen molar-refractivity contribution in [1.29, 1.82) is 0 Å². The first-order valence-electron chi connectivity index (χ1n) is 8.88. The zero-order chi connectivity index (χ0) is 14.2. The van der Waals surface area contributed by atoms with Gasteiger partial charge in [0.05, 0.1) is 6.61 Å². The van der Waals surface area contributed by atoms with E-state index in [2.05, 4.69) is 26.1 Å². The number of rotatable bonds is 7. The van der Waals surface area contributed by atoms with Gasteiger partial charge in [-0.15, -0.1) is 0 Å². The Labute approximate surface area is 125 Å². The predicted molar refractivity (Wildman–Crippen MR) is 83.7 cm³/mol. The molecular formula is C18H33NO. The molecular weight excluding hydrogens is 246 g/mol. The number of ether oxygens (including phenoxy) is 1. The van der Waals surface area contributed by atoms with Crippen LogP contribution in [0, 0.1) is 29.1 Å². The van der Waals surface area contributed by atoms with Gasteiger partial charge in [-0.2, -0.15) is 0 Å². The molecule has 1 atom stereocenters. The van der Waals surface area contributed by atoms with E-state index in [-0.39, 0.29) is 0 Å². The summed E-state index contributed by atoms with van der Waals surface area (Å²) < 4.78 is 5.70. The minimum absolute atomic E-state index is 0.632. The summed E-state index contributed by atoms with van der Waals surface area (Å²) in [6, 6.07) is 0.679. The molecule has 4 saturated carbocycles. The molecule has 0 radical (unpaired) electrons. The van der Waals surface area contributed by atoms with Gasteiger partial charge in [-0.25, -0.2) is 0 Å². The average molecular weight is 279 g/mol. The lowest BCUT2D eigenvalue weighted by atomic mass is 9.48. The van der Waals surface area contributed by atoms with Crippen LogP contribution in [0.4, 0.5) is 0 Å². The van der Waals surface area contributed by atoms with Crippen molar-refractivity contribution < 1.29 is 4.74 Å². The van der Waals surface area contributed by atoms with E-state index in [1.165, 1.54) is 19.3 Å². The highest BCUT2D eigenvalue weighted by atomic mass is 16.5. The molecule has 1 unspecified atom stereocenters. The van der Waals surface area contributed by atoms with Crippen LogP contribution in [0.3, 0.4) is 0 Å². The van der Waals surface area contributed by atoms with Crippen LogP contribution in [0.15, 0.2) is 0 Å². The summed E-state index contributed by atoms with van der Waals surface area (Å²) in [6.45, 7) is 9.66. The van der Waals surface area contributed by atoms with Crippen molar-refractivity contribution in [3.05, 3.63) is 0 Å². The Bertz CT molecular complexity index is 290. The van der Waals surface area contributed by atoms with E-state index in [9.17, 15) is 0 Å². The smallest absolute Gasteiger partial charge is 0.0591 e. The Kier molecular flexibility index (Phi) is 4.42. The van der Waals surface area contributed by atoms with Gasteiger partial charge in [0.1, 0.15) is 0 Å². The Morgan fingerprint density at radius 2 is 1.55 bits per heavy atom. The first-order valence-corrected chi connectivity index (χ1v) is 8.88. The number of hydrogen-bond acceptors (Lipinski definition) is 2. The molecule has 0 saturated heterocycles. The molecule has 4 aliphatic carbocycles. The average Bonchev–Trinajstić information content (AvgIpc) is 2.36. The second kappa shape index (κ2) is 5.96. The third kappa shape index (κ3) is 3.06. The molecule has 0 aliphatic heterocycles. The molecule has 20 heavy (non-hydrogen) atoms. The van der Waals surface area contributed by atoms with Crippen LogP contribution < -0.4 is 5.32 Å². The Hall–Kier alpha value is -0.0800. The fourth-order valence-corrected chi connectivity index (χ4v) is 5.59. The van der Waals surface area contributed by atoms with E-state index in [4.69, 9.17) is 4.74 Å². The summed E-state index contributed by atoms with van der Waals surface area (Å²) in [6.07, 6.45) is 9.14. The van der Waals surface area contributed by atoms with E-state index in [0.29, 0.717) is 17.4 Å². The van der Waals surface area contributed by atoms with Crippen molar-refractivity contribution in [1.82, 2.24) is 5.32 Å². The lowest BCUT2D eigenvalue weighted by Crippen LogP contribution is -2.55. The van der Waals surface area contributed by atoms with Gasteiger partial charge < -0.3 is 10.1 Å². The lowest BCUT2D eigenvalue weighted by molar-refractivity contribution is -0.0711. The summed E-state index contributed by atoms with van der Waals surface area (Å²) in [7, 11) is 0. The molecule has 116 valence electrons. The Morgan fingerprint density at radius 3 is 2.05 bits per heavy atom. The zero-order valence-electron chi connectivity index (χ0n) is 13.7. The van der Waals surface area contributed by atoms with E-state index in [1.807, 2.05) is 0 Å². The molecule has 0 aromatic carbocycles. The fourth-order valence-electron chi connectivity index (χ4n) is 5.59. The van der Waals surface area contributed by atoms with Crippen LogP contribution in [-0.4, -0.2) is 25.8 Å². The molecule has 2 heteroatoms. The van der Waals surface area contributed by atoms with Gasteiger partial charge in [0.2, 0.25) is 0 Å². The van der Waals surface area contributed by atoms with Crippen molar-refractivity contribution in [3.8, 4) is 0 Å². The SMILES string of the molecule is CC(C)COCCNC(C)C12CC3CC(CC(C3)C1)C2. The molecule has 0 spiro atoms. The molecule has 4 fully saturated rings. The van der Waals surface area contributed by atoms with Crippen molar-refractivity contribution in [2.24, 2.45) is 29.1 Å². The second-order valence-electron chi connectivity index (χ2n) is 8.42. The first kappa shape index (κ1) is 14.8. The molecule has 0 heterocycles. The van der Waals surface area contributed by atoms with Crippen LogP contribution in [0.1, 0.15) is 59.3 Å². The van der Waals surface area contributed by atoms with Crippen molar-refractivity contribution in [2.45, 2.75) is 65.3 Å². The third-order valence-corrected chi connectivity index (χ3v) is 6.15. The molecule has 4 bridgehead atoms. The molecule has 4 rings (SSSR count). The van der Waals surface area contributed by atoms with Gasteiger partial charge in [0.15, 0.2) is 0 Å². The molecule has 2 nitrogen and oxygen atoms in total. The molecule has 0 aromatic heterocycles. The minimum Gasteiger partial charge on any atom is -0.380 e. The quantitative estimate of drug-likeness (QED) is 0.715. The van der Waals surface area contributed by atoms with E-state index in [1.54, 1.807) is 19.3 Å². The van der Waals surface area contributed by atoms with Crippen LogP contribution >= 0.6 is 0 Å². The van der Waals surface area contributed by atoms with Crippen LogP contribution in [0.2, 0.25) is 0 Å². The molecule has 0 amide bonds. The van der Waals surface area contributed by atoms with Gasteiger partial charge in [0.25, 0.3) is 0 Å². The topological polar surface area (TPSA) is 21.3 Å². The highest BCUT2D eigenvalue weighted by Crippen LogP contribution is 2.61. The van der Waals surface area contributed by atoms with Gasteiger partial charge in [-0.3, -0.25) is 0 Å². The lowest BCUT2D eigenvalue weighted by Gasteiger charge is -2.59. The first-order chi connectivity index (χ1) is 9.57. The summed E-state index contributed by atoms with van der Waals surface area (Å²) >= 11 is 0. The summed E-state index contributed by atoms with van der Waals surface area (Å²) in [4.78, 5) is 0. The summed E-state index contributed by atoms with van der Waals surface area (Å²) in [5, 5.41) is 3.79. The maximum Gasteiger partial charge on any atom is 0.0591 e. The summed E-state index contributed by atoms with van der Waals surface area (Å²) in [5.74, 6) is 3.82. The minimum atomic E-state index is 0.632. The van der Waals surface area contributed by atoms with Crippen molar-refractivity contribution in [3.63, 3.8) is 0 Å². The number of nitrogens with one attached hydrogen (secondary N) is 1. The second-order valence-corrected chi connectivity index (χ2v) is 8.42. The highest BCUT2D eigenvalue weighted by molar-refractivity contribution is 5.05. The van der Waals surface area contributed by atoms with Gasteiger partial charge in [-0.1, -0.05) is 13.8 Å². The van der Waals surface area contributed by atoms with Gasteiger partial charge >= 0.3 is 0 Å². The zero-order valence-corrected chi connectivity index (χ0v) is 13.7. The molecule has 0 aromatic rings. The fraction of sp³-hybridized carbons (Fsp3) is 1.00. The maximum absolute atomic E-state index is 5.70. The third-order valence-electron chi connectivity index (χ3n) is 6.15. The number of hydrogen-bond donors (Lipinski definition) is 1. The standard InChI is InChI=1S/C18H33NO/c1-13(2)12-20-5-4-19-14(3)18-9-15-6-16(10-18)8-17(7-15)11-18/h13-17,19H,4-12H2,1-3H3. The van der Waals surface area contributed by atoms with Crippen molar-refractivity contribution in [2.75, 3.05) is 19.8 Å². The summed E-state index contributed by atoms with van der Waals surface area (Å²) in [5.41, 5.74) is 0.632. The Balaban J connectivity index is 1.46. The van der Waals surface area contributed by atoms with Gasteiger partial charge in [-0.05, 0) is 74.5 Å². The van der Waals surface area contributed by atoms with E-state index < -0.39 is 0 Å². The predicted octanol–water partition coefficient (Wildman–Crippen LogP) is 3.85. The van der Waals surface area contributed by atoms with Crippen LogP contribution in [0.25, 0.3) is 0 Å². The van der Waals surface area contributed by atoms with Gasteiger partial charge in [0, 0.05) is 19.2 Å². The normalized spacial score (nSPS) is 40.5. The van der Waals surface area contributed by atoms with Crippen LogP contribution in [0.5, 0.6) is 0 Å².